The summed E-state index contributed by atoms with van der Waals surface area (Å²) < 4.78 is 58.0. The molecule has 1 aliphatic rings. The van der Waals surface area contributed by atoms with Gasteiger partial charge in [-0.25, -0.2) is 19.3 Å². The van der Waals surface area contributed by atoms with Gasteiger partial charge in [-0.2, -0.15) is 13.2 Å². The Balaban J connectivity index is 1.54. The quantitative estimate of drug-likeness (QED) is 0.246. The van der Waals surface area contributed by atoms with Crippen molar-refractivity contribution >= 4 is 61.3 Å². The number of fused-ring (bicyclic) bond motifs is 3. The first-order chi connectivity index (χ1) is 18.7. The number of aromatic nitrogens is 4. The molecule has 5 rings (SSSR count). The van der Waals surface area contributed by atoms with Crippen molar-refractivity contribution in [2.45, 2.75) is 51.6 Å². The Bertz CT molecular complexity index is 1690. The molecular weight excluding hydrogens is 598 g/mol. The lowest BCUT2D eigenvalue weighted by Gasteiger charge is -2.24. The summed E-state index contributed by atoms with van der Waals surface area (Å²) in [6.45, 7) is 3.77. The molecule has 0 unspecified atom stereocenters. The topological polar surface area (TPSA) is 119 Å². The van der Waals surface area contributed by atoms with Crippen LogP contribution in [-0.2, 0) is 22.3 Å². The molecule has 40 heavy (non-hydrogen) atoms. The number of nitrogens with two attached hydrogens (primary N) is 1. The van der Waals surface area contributed by atoms with E-state index >= 15 is 4.39 Å². The van der Waals surface area contributed by atoms with Crippen LogP contribution in [0.2, 0.25) is 0 Å². The molecule has 1 fully saturated rings. The van der Waals surface area contributed by atoms with E-state index in [0.717, 1.165) is 23.4 Å². The number of rotatable bonds is 4. The minimum absolute atomic E-state index is 0.0495. The molecule has 3 N–H and O–H groups in total. The zero-order valence-electron chi connectivity index (χ0n) is 21.6. The third-order valence-electron chi connectivity index (χ3n) is 7.00. The van der Waals surface area contributed by atoms with Gasteiger partial charge in [0.1, 0.15) is 46.5 Å². The van der Waals surface area contributed by atoms with Gasteiger partial charge in [0, 0.05) is 11.8 Å². The smallest absolute Gasteiger partial charge is 0.383 e. The highest BCUT2D eigenvalue weighted by atomic mass is 79.9. The first-order valence-corrected chi connectivity index (χ1v) is 13.0. The van der Waals surface area contributed by atoms with Crippen molar-refractivity contribution in [2.75, 3.05) is 17.6 Å². The van der Waals surface area contributed by atoms with E-state index in [0.29, 0.717) is 15.7 Å². The van der Waals surface area contributed by atoms with Gasteiger partial charge in [0.25, 0.3) is 0 Å². The van der Waals surface area contributed by atoms with Gasteiger partial charge in [-0.05, 0) is 66.0 Å². The number of pyridine rings is 1. The normalized spacial score (nSPS) is 19.5. The fourth-order valence-electron chi connectivity index (χ4n) is 5.20. The monoisotopic (exact) mass is 621 g/mol. The second-order valence-electron chi connectivity index (χ2n) is 10.2. The van der Waals surface area contributed by atoms with Crippen molar-refractivity contribution in [3.05, 3.63) is 51.9 Å². The fourth-order valence-corrected chi connectivity index (χ4v) is 5.51. The van der Waals surface area contributed by atoms with Crippen LogP contribution in [-0.4, -0.2) is 54.5 Å². The van der Waals surface area contributed by atoms with E-state index in [1.165, 1.54) is 18.4 Å². The lowest BCUT2D eigenvalue weighted by molar-refractivity contribution is -0.137. The van der Waals surface area contributed by atoms with Gasteiger partial charge in [0.2, 0.25) is 11.8 Å². The van der Waals surface area contributed by atoms with E-state index in [-0.39, 0.29) is 46.6 Å². The summed E-state index contributed by atoms with van der Waals surface area (Å²) in [6, 6.07) is 4.23. The minimum Gasteiger partial charge on any atom is -0.383 e. The maximum atomic E-state index is 15.2. The van der Waals surface area contributed by atoms with Gasteiger partial charge in [0.05, 0.1) is 23.0 Å². The van der Waals surface area contributed by atoms with E-state index in [1.54, 1.807) is 19.1 Å². The number of anilines is 2. The Morgan fingerprint density at radius 2 is 1.93 bits per heavy atom. The zero-order valence-corrected chi connectivity index (χ0v) is 23.2. The van der Waals surface area contributed by atoms with E-state index < -0.39 is 41.8 Å². The number of hydrogen-bond acceptors (Lipinski definition) is 6. The van der Waals surface area contributed by atoms with Crippen molar-refractivity contribution in [1.82, 2.24) is 24.4 Å². The van der Waals surface area contributed by atoms with Gasteiger partial charge in [-0.3, -0.25) is 9.59 Å². The predicted octanol–water partition coefficient (Wildman–Crippen LogP) is 4.93. The average Bonchev–Trinajstić information content (AvgIpc) is 3.36. The number of hydrogen-bond donors (Lipinski definition) is 2. The SMILES string of the molecule is Cc1ccc(Br)nc1NC(=O)[C@@H]1C[C@@](C)(F)CN1C(=O)Cn1c2ncnc(N)c2c2cc(C(F)(F)F)cc(C)c21. The number of carbonyl (C=O) groups is 2. The predicted molar refractivity (Wildman–Crippen MR) is 144 cm³/mol. The summed E-state index contributed by atoms with van der Waals surface area (Å²) in [7, 11) is 0. The molecule has 1 aliphatic heterocycles. The third kappa shape index (κ3) is 4.95. The second-order valence-corrected chi connectivity index (χ2v) is 11.0. The zero-order chi connectivity index (χ0) is 29.1. The summed E-state index contributed by atoms with van der Waals surface area (Å²) in [5, 5.41) is 2.98. The van der Waals surface area contributed by atoms with Gasteiger partial charge < -0.3 is 20.5 Å². The number of nitrogens with one attached hydrogen (secondary N) is 1. The molecule has 0 bridgehead atoms. The molecule has 0 radical (unpaired) electrons. The molecule has 0 saturated carbocycles. The van der Waals surface area contributed by atoms with Crippen molar-refractivity contribution in [3.8, 4) is 0 Å². The van der Waals surface area contributed by atoms with Gasteiger partial charge >= 0.3 is 6.18 Å². The van der Waals surface area contributed by atoms with Crippen LogP contribution < -0.4 is 11.1 Å². The van der Waals surface area contributed by atoms with Crippen molar-refractivity contribution in [2.24, 2.45) is 0 Å². The minimum atomic E-state index is -4.61. The molecule has 2 atom stereocenters. The number of alkyl halides is 4. The first-order valence-electron chi connectivity index (χ1n) is 12.2. The van der Waals surface area contributed by atoms with Crippen LogP contribution in [0, 0.1) is 13.8 Å². The number of halogens is 5. The molecule has 210 valence electrons. The molecular formula is C26H24BrF4N7O2. The number of nitrogen functional groups attached to an aromatic ring is 1. The first kappa shape index (κ1) is 27.7. The molecule has 0 aliphatic carbocycles. The van der Waals surface area contributed by atoms with Gasteiger partial charge in [0.15, 0.2) is 0 Å². The summed E-state index contributed by atoms with van der Waals surface area (Å²) in [6.07, 6.45) is -3.71. The third-order valence-corrected chi connectivity index (χ3v) is 7.44. The maximum absolute atomic E-state index is 15.2. The Morgan fingerprint density at radius 1 is 1.20 bits per heavy atom. The molecule has 14 heteroatoms. The Morgan fingerprint density at radius 3 is 2.62 bits per heavy atom. The number of amides is 2. The van der Waals surface area contributed by atoms with Crippen molar-refractivity contribution < 1.29 is 27.2 Å². The summed E-state index contributed by atoms with van der Waals surface area (Å²) in [5.74, 6) is -1.00. The number of nitrogens with zero attached hydrogens (tertiary/aromatic N) is 5. The number of benzene rings is 1. The molecule has 4 aromatic rings. The lowest BCUT2D eigenvalue weighted by Crippen LogP contribution is -2.44. The highest BCUT2D eigenvalue weighted by molar-refractivity contribution is 9.10. The number of carbonyl (C=O) groups excluding carboxylic acids is 2. The van der Waals surface area contributed by atoms with Crippen molar-refractivity contribution in [1.29, 1.82) is 0 Å². The highest BCUT2D eigenvalue weighted by Crippen LogP contribution is 2.39. The Hall–Kier alpha value is -3.81. The number of aryl methyl sites for hydroxylation is 2. The van der Waals surface area contributed by atoms with Crippen LogP contribution in [0.15, 0.2) is 35.2 Å². The van der Waals surface area contributed by atoms with Crippen LogP contribution in [0.3, 0.4) is 0 Å². The molecule has 2 amide bonds. The Labute approximate surface area is 233 Å². The fraction of sp³-hybridized carbons (Fsp3) is 0.346. The van der Waals surface area contributed by atoms with E-state index in [9.17, 15) is 22.8 Å². The largest absolute Gasteiger partial charge is 0.416 e. The van der Waals surface area contributed by atoms with Gasteiger partial charge in [-0.1, -0.05) is 6.07 Å². The van der Waals surface area contributed by atoms with Gasteiger partial charge in [-0.15, -0.1) is 0 Å². The lowest BCUT2D eigenvalue weighted by atomic mass is 10.0. The van der Waals surface area contributed by atoms with Crippen molar-refractivity contribution in [3.63, 3.8) is 0 Å². The molecule has 9 nitrogen and oxygen atoms in total. The van der Waals surface area contributed by atoms with E-state index in [2.05, 4.69) is 36.2 Å². The molecule has 1 aromatic carbocycles. The molecule has 0 spiro atoms. The molecule has 4 heterocycles. The van der Waals surface area contributed by atoms with E-state index in [1.807, 2.05) is 0 Å². The summed E-state index contributed by atoms with van der Waals surface area (Å²) in [4.78, 5) is 40.4. The second kappa shape index (κ2) is 9.68. The summed E-state index contributed by atoms with van der Waals surface area (Å²) >= 11 is 3.25. The van der Waals surface area contributed by atoms with E-state index in [4.69, 9.17) is 5.73 Å². The Kier molecular flexibility index (Phi) is 6.71. The summed E-state index contributed by atoms with van der Waals surface area (Å²) in [5.41, 5.74) is 4.67. The van der Waals surface area contributed by atoms with Crippen LogP contribution in [0.25, 0.3) is 21.9 Å². The van der Waals surface area contributed by atoms with Crippen LogP contribution in [0.1, 0.15) is 30.0 Å². The standard InChI is InChI=1S/C26H24BrF4N7O2/c1-12-4-5-17(27)35-22(12)36-24(40)16-8-25(3,28)10-38(16)18(39)9-37-20-13(2)6-14(26(29,30)31)7-15(20)19-21(32)33-11-34-23(19)37/h4-7,11,16H,8-10H2,1-3H3,(H2,32,33,34)(H,35,36,40)/t16-,25+/m0/s1. The molecule has 1 saturated heterocycles. The van der Waals surface area contributed by atoms with Crippen LogP contribution in [0.4, 0.5) is 29.2 Å². The van der Waals surface area contributed by atoms with Crippen LogP contribution in [0.5, 0.6) is 0 Å². The average molecular weight is 622 g/mol. The highest BCUT2D eigenvalue weighted by Gasteiger charge is 2.47. The molecule has 3 aromatic heterocycles. The number of likely N-dealkylation sites (tertiary alicyclic amines) is 1. The maximum Gasteiger partial charge on any atom is 0.416 e. The van der Waals surface area contributed by atoms with Crippen LogP contribution >= 0.6 is 15.9 Å².